The Labute approximate surface area is 187 Å². The van der Waals surface area contributed by atoms with Crippen LogP contribution in [0.25, 0.3) is 5.57 Å². The minimum Gasteiger partial charge on any atom is -0.495 e. The lowest BCUT2D eigenvalue weighted by Gasteiger charge is -2.19. The highest BCUT2D eigenvalue weighted by atomic mass is 35.5. The predicted octanol–water partition coefficient (Wildman–Crippen LogP) is 4.98. The summed E-state index contributed by atoms with van der Waals surface area (Å²) in [6.07, 6.45) is 0. The van der Waals surface area contributed by atoms with Gasteiger partial charge in [0.05, 0.1) is 24.3 Å². The molecule has 31 heavy (non-hydrogen) atoms. The fourth-order valence-corrected chi connectivity index (χ4v) is 3.53. The van der Waals surface area contributed by atoms with Crippen LogP contribution in [0.15, 0.2) is 48.2 Å². The van der Waals surface area contributed by atoms with Crippen molar-refractivity contribution >= 4 is 34.7 Å². The second kappa shape index (κ2) is 9.43. The van der Waals surface area contributed by atoms with Crippen LogP contribution in [0, 0.1) is 5.92 Å². The third kappa shape index (κ3) is 4.85. The smallest absolute Gasteiger partial charge is 0.278 e. The van der Waals surface area contributed by atoms with Gasteiger partial charge in [-0.25, -0.2) is 0 Å². The predicted molar refractivity (Wildman–Crippen MR) is 122 cm³/mol. The molecule has 2 aromatic carbocycles. The molecule has 6 nitrogen and oxygen atoms in total. The van der Waals surface area contributed by atoms with Crippen molar-refractivity contribution in [2.75, 3.05) is 19.0 Å². The molecule has 164 valence electrons. The quantitative estimate of drug-likeness (QED) is 0.583. The van der Waals surface area contributed by atoms with E-state index in [9.17, 15) is 9.59 Å². The Kier molecular flexibility index (Phi) is 6.91. The van der Waals surface area contributed by atoms with Gasteiger partial charge in [-0.1, -0.05) is 37.6 Å². The number of halogens is 1. The van der Waals surface area contributed by atoms with E-state index >= 15 is 0 Å². The first-order valence-electron chi connectivity index (χ1n) is 10.2. The lowest BCUT2D eigenvalue weighted by atomic mass is 10.0. The number of benzene rings is 2. The summed E-state index contributed by atoms with van der Waals surface area (Å²) >= 11 is 6.22. The maximum Gasteiger partial charge on any atom is 0.278 e. The highest BCUT2D eigenvalue weighted by Crippen LogP contribution is 2.34. The van der Waals surface area contributed by atoms with Gasteiger partial charge in [-0.05, 0) is 55.7 Å². The van der Waals surface area contributed by atoms with Gasteiger partial charge in [0.2, 0.25) is 0 Å². The molecule has 0 atom stereocenters. The number of nitrogens with zero attached hydrogens (tertiary/aromatic N) is 1. The highest BCUT2D eigenvalue weighted by molar-refractivity contribution is 6.37. The van der Waals surface area contributed by atoms with E-state index in [0.717, 1.165) is 0 Å². The zero-order valence-electron chi connectivity index (χ0n) is 18.4. The van der Waals surface area contributed by atoms with E-state index in [2.05, 4.69) is 19.2 Å². The number of amides is 2. The van der Waals surface area contributed by atoms with Crippen LogP contribution in [-0.2, 0) is 9.59 Å². The van der Waals surface area contributed by atoms with Crippen LogP contribution in [-0.4, -0.2) is 36.5 Å². The molecule has 0 aliphatic carbocycles. The van der Waals surface area contributed by atoms with Crippen LogP contribution in [0.1, 0.15) is 33.3 Å². The summed E-state index contributed by atoms with van der Waals surface area (Å²) in [5.74, 6) is 0.936. The average molecular weight is 443 g/mol. The third-order valence-corrected chi connectivity index (χ3v) is 5.07. The molecular formula is C24H27ClN2O4. The summed E-state index contributed by atoms with van der Waals surface area (Å²) in [6, 6.07) is 12.0. The van der Waals surface area contributed by atoms with Gasteiger partial charge < -0.3 is 14.8 Å². The Balaban J connectivity index is 1.99. The van der Waals surface area contributed by atoms with Crippen molar-refractivity contribution in [2.45, 2.75) is 33.7 Å². The number of anilines is 1. The summed E-state index contributed by atoms with van der Waals surface area (Å²) in [4.78, 5) is 27.5. The molecule has 0 bridgehead atoms. The number of hydrogen-bond acceptors (Lipinski definition) is 5. The SMILES string of the molecule is COc1ccc(NC2=C(c3ccc(OCC(C)C)cc3)C(=O)N(C(C)C)C2=O)cc1Cl. The Hall–Kier alpha value is -2.99. The fraction of sp³-hybridized carbons (Fsp3) is 0.333. The van der Waals surface area contributed by atoms with Crippen LogP contribution < -0.4 is 14.8 Å². The summed E-state index contributed by atoms with van der Waals surface area (Å²) in [5, 5.41) is 3.50. The van der Waals surface area contributed by atoms with Gasteiger partial charge in [0.25, 0.3) is 11.8 Å². The number of methoxy groups -OCH3 is 1. The molecule has 1 N–H and O–H groups in total. The topological polar surface area (TPSA) is 67.9 Å². The largest absolute Gasteiger partial charge is 0.495 e. The van der Waals surface area contributed by atoms with Crippen molar-refractivity contribution in [3.8, 4) is 11.5 Å². The number of nitrogens with one attached hydrogen (secondary N) is 1. The van der Waals surface area contributed by atoms with Gasteiger partial charge in [0.1, 0.15) is 17.2 Å². The standard InChI is InChI=1S/C24H27ClN2O4/c1-14(2)13-31-18-9-6-16(7-10-18)21-22(24(29)27(15(3)4)23(21)28)26-17-8-11-20(30-5)19(25)12-17/h6-12,14-15,26H,13H2,1-5H3. The van der Waals surface area contributed by atoms with Gasteiger partial charge in [-0.2, -0.15) is 0 Å². The van der Waals surface area contributed by atoms with E-state index in [0.29, 0.717) is 45.9 Å². The minimum atomic E-state index is -0.373. The number of carbonyl (C=O) groups is 2. The van der Waals surface area contributed by atoms with E-state index in [-0.39, 0.29) is 23.6 Å². The van der Waals surface area contributed by atoms with Crippen LogP contribution in [0.3, 0.4) is 0 Å². The lowest BCUT2D eigenvalue weighted by molar-refractivity contribution is -0.138. The molecule has 3 rings (SSSR count). The molecule has 1 heterocycles. The molecule has 7 heteroatoms. The first-order chi connectivity index (χ1) is 14.7. The van der Waals surface area contributed by atoms with Gasteiger partial charge in [-0.3, -0.25) is 14.5 Å². The first kappa shape index (κ1) is 22.7. The van der Waals surface area contributed by atoms with Gasteiger partial charge in [0.15, 0.2) is 0 Å². The van der Waals surface area contributed by atoms with Crippen molar-refractivity contribution in [3.05, 3.63) is 58.7 Å². The van der Waals surface area contributed by atoms with Crippen molar-refractivity contribution in [1.29, 1.82) is 0 Å². The maximum absolute atomic E-state index is 13.2. The number of hydrogen-bond donors (Lipinski definition) is 1. The fourth-order valence-electron chi connectivity index (χ4n) is 3.27. The van der Waals surface area contributed by atoms with E-state index in [4.69, 9.17) is 21.1 Å². The van der Waals surface area contributed by atoms with Crippen LogP contribution in [0.2, 0.25) is 5.02 Å². The molecule has 0 fully saturated rings. The van der Waals surface area contributed by atoms with Gasteiger partial charge in [0, 0.05) is 11.7 Å². The Morgan fingerprint density at radius 3 is 2.23 bits per heavy atom. The monoisotopic (exact) mass is 442 g/mol. The number of imide groups is 1. The lowest BCUT2D eigenvalue weighted by Crippen LogP contribution is -2.38. The van der Waals surface area contributed by atoms with E-state index in [1.54, 1.807) is 30.3 Å². The summed E-state index contributed by atoms with van der Waals surface area (Å²) in [6.45, 7) is 8.37. The highest BCUT2D eigenvalue weighted by Gasteiger charge is 2.40. The van der Waals surface area contributed by atoms with Crippen LogP contribution in [0.4, 0.5) is 5.69 Å². The van der Waals surface area contributed by atoms with Crippen LogP contribution >= 0.6 is 11.6 Å². The number of carbonyl (C=O) groups excluding carboxylic acids is 2. The molecule has 0 radical (unpaired) electrons. The number of ether oxygens (including phenoxy) is 2. The van der Waals surface area contributed by atoms with E-state index in [1.165, 1.54) is 12.0 Å². The molecule has 0 unspecified atom stereocenters. The van der Waals surface area contributed by atoms with Gasteiger partial charge >= 0.3 is 0 Å². The first-order valence-corrected chi connectivity index (χ1v) is 10.6. The Morgan fingerprint density at radius 2 is 1.68 bits per heavy atom. The van der Waals surface area contributed by atoms with E-state index < -0.39 is 0 Å². The maximum atomic E-state index is 13.2. The minimum absolute atomic E-state index is 0.218. The molecule has 0 saturated heterocycles. The average Bonchev–Trinajstić information content (AvgIpc) is 2.96. The Morgan fingerprint density at radius 1 is 1.00 bits per heavy atom. The molecule has 0 aromatic heterocycles. The zero-order chi connectivity index (χ0) is 22.7. The van der Waals surface area contributed by atoms with Crippen molar-refractivity contribution in [2.24, 2.45) is 5.92 Å². The molecule has 0 spiro atoms. The molecular weight excluding hydrogens is 416 g/mol. The summed E-state index contributed by atoms with van der Waals surface area (Å²) in [7, 11) is 1.53. The molecule has 2 aromatic rings. The summed E-state index contributed by atoms with van der Waals surface area (Å²) in [5.41, 5.74) is 1.76. The van der Waals surface area contributed by atoms with Gasteiger partial charge in [-0.15, -0.1) is 0 Å². The number of rotatable bonds is 8. The molecule has 2 amide bonds. The summed E-state index contributed by atoms with van der Waals surface area (Å²) < 4.78 is 10.9. The molecule has 0 saturated carbocycles. The third-order valence-electron chi connectivity index (χ3n) is 4.78. The van der Waals surface area contributed by atoms with Crippen molar-refractivity contribution < 1.29 is 19.1 Å². The molecule has 1 aliphatic rings. The molecule has 1 aliphatic heterocycles. The second-order valence-electron chi connectivity index (χ2n) is 8.03. The van der Waals surface area contributed by atoms with Crippen LogP contribution in [0.5, 0.6) is 11.5 Å². The zero-order valence-corrected chi connectivity index (χ0v) is 19.1. The van der Waals surface area contributed by atoms with E-state index in [1.807, 2.05) is 26.0 Å². The second-order valence-corrected chi connectivity index (χ2v) is 8.43. The van der Waals surface area contributed by atoms with Crippen molar-refractivity contribution in [3.63, 3.8) is 0 Å². The normalized spacial score (nSPS) is 14.1. The van der Waals surface area contributed by atoms with Crippen molar-refractivity contribution in [1.82, 2.24) is 4.90 Å². The Bertz CT molecular complexity index is 1010.